The molecule has 2 heterocycles. The van der Waals surface area contributed by atoms with Crippen molar-refractivity contribution in [1.82, 2.24) is 19.3 Å². The summed E-state index contributed by atoms with van der Waals surface area (Å²) in [7, 11) is 1.53. The fraction of sp³-hybridized carbons (Fsp3) is 0.182. The maximum Gasteiger partial charge on any atom is 0.264 e. The number of nitrogens with one attached hydrogen (secondary N) is 1. The molecule has 1 N–H and O–H groups in total. The van der Waals surface area contributed by atoms with Crippen LogP contribution in [0, 0.1) is 13.8 Å². The maximum atomic E-state index is 12.9. The molecule has 0 fully saturated rings. The summed E-state index contributed by atoms with van der Waals surface area (Å²) in [6.07, 6.45) is 2.85. The van der Waals surface area contributed by atoms with Gasteiger partial charge < -0.3 is 10.1 Å². The lowest BCUT2D eigenvalue weighted by Gasteiger charge is -2.11. The normalized spacial score (nSPS) is 10.9. The Bertz CT molecular complexity index is 1290. The predicted molar refractivity (Wildman–Crippen MR) is 114 cm³/mol. The van der Waals surface area contributed by atoms with E-state index < -0.39 is 0 Å². The zero-order chi connectivity index (χ0) is 21.3. The Labute approximate surface area is 172 Å². The summed E-state index contributed by atoms with van der Waals surface area (Å²) < 4.78 is 8.13. The third-order valence-electron chi connectivity index (χ3n) is 4.70. The second-order valence-corrected chi connectivity index (χ2v) is 7.07. The number of fused-ring (bicyclic) bond motifs is 1. The Balaban J connectivity index is 1.63. The van der Waals surface area contributed by atoms with Crippen molar-refractivity contribution in [3.63, 3.8) is 0 Å². The number of ether oxygens (including phenoxy) is 1. The molecule has 0 aliphatic heterocycles. The standard InChI is InChI=1S/C22H21N5O3/c1-14-8-15(2)10-16(9-14)27-21-17(11-24-27)22(29)26(13-23-21)12-20(28)25-18-6-4-5-7-19(18)30-3/h4-11,13H,12H2,1-3H3,(H,25,28). The predicted octanol–water partition coefficient (Wildman–Crippen LogP) is 2.85. The van der Waals surface area contributed by atoms with E-state index in [2.05, 4.69) is 21.5 Å². The van der Waals surface area contributed by atoms with Gasteiger partial charge >= 0.3 is 0 Å². The number of hydrogen-bond donors (Lipinski definition) is 1. The van der Waals surface area contributed by atoms with Gasteiger partial charge in [0.15, 0.2) is 5.65 Å². The van der Waals surface area contributed by atoms with Gasteiger partial charge in [-0.2, -0.15) is 5.10 Å². The summed E-state index contributed by atoms with van der Waals surface area (Å²) in [4.78, 5) is 29.7. The number of methoxy groups -OCH3 is 1. The van der Waals surface area contributed by atoms with Crippen LogP contribution in [0.15, 0.2) is 59.8 Å². The molecule has 30 heavy (non-hydrogen) atoms. The molecule has 2 aromatic carbocycles. The van der Waals surface area contributed by atoms with Gasteiger partial charge in [-0.05, 0) is 49.2 Å². The van der Waals surface area contributed by atoms with Gasteiger partial charge in [0.05, 0.1) is 24.7 Å². The van der Waals surface area contributed by atoms with E-state index in [0.717, 1.165) is 16.8 Å². The average Bonchev–Trinajstić information content (AvgIpc) is 3.15. The van der Waals surface area contributed by atoms with Gasteiger partial charge in [0.25, 0.3) is 5.56 Å². The van der Waals surface area contributed by atoms with Crippen LogP contribution in [-0.2, 0) is 11.3 Å². The zero-order valence-corrected chi connectivity index (χ0v) is 16.9. The summed E-state index contributed by atoms with van der Waals surface area (Å²) in [6, 6.07) is 13.1. The Hall–Kier alpha value is -3.94. The van der Waals surface area contributed by atoms with Gasteiger partial charge in [-0.15, -0.1) is 0 Å². The first kappa shape index (κ1) is 19.4. The lowest BCUT2D eigenvalue weighted by molar-refractivity contribution is -0.116. The number of benzene rings is 2. The van der Waals surface area contributed by atoms with Crippen LogP contribution in [0.5, 0.6) is 5.75 Å². The SMILES string of the molecule is COc1ccccc1NC(=O)Cn1cnc2c(cnn2-c2cc(C)cc(C)c2)c1=O. The Kier molecular flexibility index (Phi) is 5.05. The third kappa shape index (κ3) is 3.67. The van der Waals surface area contributed by atoms with Crippen LogP contribution in [0.25, 0.3) is 16.7 Å². The molecule has 0 radical (unpaired) electrons. The summed E-state index contributed by atoms with van der Waals surface area (Å²) in [5.41, 5.74) is 3.68. The molecule has 8 heteroatoms. The summed E-state index contributed by atoms with van der Waals surface area (Å²) in [5.74, 6) is 0.186. The minimum atomic E-state index is -0.357. The average molecular weight is 403 g/mol. The first-order valence-corrected chi connectivity index (χ1v) is 9.41. The van der Waals surface area contributed by atoms with Crippen LogP contribution in [0.1, 0.15) is 11.1 Å². The zero-order valence-electron chi connectivity index (χ0n) is 16.9. The molecule has 1 amide bonds. The van der Waals surface area contributed by atoms with E-state index in [1.165, 1.54) is 24.2 Å². The first-order chi connectivity index (χ1) is 14.5. The van der Waals surface area contributed by atoms with E-state index >= 15 is 0 Å². The Morgan fingerprint density at radius 2 is 1.87 bits per heavy atom. The molecule has 4 rings (SSSR count). The van der Waals surface area contributed by atoms with E-state index in [1.54, 1.807) is 22.9 Å². The van der Waals surface area contributed by atoms with E-state index in [-0.39, 0.29) is 18.0 Å². The molecule has 0 atom stereocenters. The number of nitrogens with zero attached hydrogens (tertiary/aromatic N) is 4. The van der Waals surface area contributed by atoms with Crippen LogP contribution in [0.2, 0.25) is 0 Å². The highest BCUT2D eigenvalue weighted by Crippen LogP contribution is 2.23. The molecule has 152 valence electrons. The van der Waals surface area contributed by atoms with Crippen molar-refractivity contribution in [1.29, 1.82) is 0 Å². The molecule has 0 bridgehead atoms. The molecular weight excluding hydrogens is 382 g/mol. The van der Waals surface area contributed by atoms with Crippen molar-refractivity contribution in [2.75, 3.05) is 12.4 Å². The number of aromatic nitrogens is 4. The molecule has 0 aliphatic carbocycles. The van der Waals surface area contributed by atoms with E-state index in [4.69, 9.17) is 4.74 Å². The third-order valence-corrected chi connectivity index (χ3v) is 4.70. The van der Waals surface area contributed by atoms with E-state index in [0.29, 0.717) is 22.5 Å². The number of hydrogen-bond acceptors (Lipinski definition) is 5. The van der Waals surface area contributed by atoms with Crippen LogP contribution in [0.4, 0.5) is 5.69 Å². The number of rotatable bonds is 5. The van der Waals surface area contributed by atoms with Gasteiger partial charge in [-0.25, -0.2) is 9.67 Å². The number of para-hydroxylation sites is 2. The van der Waals surface area contributed by atoms with Crippen LogP contribution >= 0.6 is 0 Å². The minimum Gasteiger partial charge on any atom is -0.495 e. The van der Waals surface area contributed by atoms with Gasteiger partial charge in [0, 0.05) is 0 Å². The topological polar surface area (TPSA) is 91.0 Å². The highest BCUT2D eigenvalue weighted by molar-refractivity contribution is 5.92. The molecule has 8 nitrogen and oxygen atoms in total. The summed E-state index contributed by atoms with van der Waals surface area (Å²) in [6.45, 7) is 3.83. The number of amides is 1. The van der Waals surface area contributed by atoms with Crippen molar-refractivity contribution in [2.24, 2.45) is 0 Å². The van der Waals surface area contributed by atoms with Crippen molar-refractivity contribution in [3.05, 3.63) is 76.5 Å². The van der Waals surface area contributed by atoms with Gasteiger partial charge in [0.1, 0.15) is 24.0 Å². The maximum absolute atomic E-state index is 12.9. The number of anilines is 1. The lowest BCUT2D eigenvalue weighted by atomic mass is 10.1. The van der Waals surface area contributed by atoms with E-state index in [9.17, 15) is 9.59 Å². The number of aryl methyl sites for hydroxylation is 2. The van der Waals surface area contributed by atoms with Crippen LogP contribution in [0.3, 0.4) is 0 Å². The second-order valence-electron chi connectivity index (χ2n) is 7.07. The second kappa shape index (κ2) is 7.82. The monoisotopic (exact) mass is 403 g/mol. The van der Waals surface area contributed by atoms with Crippen molar-refractivity contribution < 1.29 is 9.53 Å². The Morgan fingerprint density at radius 3 is 2.60 bits per heavy atom. The molecule has 0 aliphatic rings. The number of carbonyl (C=O) groups is 1. The van der Waals surface area contributed by atoms with Crippen LogP contribution < -0.4 is 15.6 Å². The highest BCUT2D eigenvalue weighted by atomic mass is 16.5. The van der Waals surface area contributed by atoms with Gasteiger partial charge in [-0.3, -0.25) is 14.2 Å². The highest BCUT2D eigenvalue weighted by Gasteiger charge is 2.14. The smallest absolute Gasteiger partial charge is 0.264 e. The molecule has 2 aromatic heterocycles. The van der Waals surface area contributed by atoms with Crippen molar-refractivity contribution in [2.45, 2.75) is 20.4 Å². The van der Waals surface area contributed by atoms with Gasteiger partial charge in [-0.1, -0.05) is 18.2 Å². The summed E-state index contributed by atoms with van der Waals surface area (Å²) >= 11 is 0. The molecule has 4 aromatic rings. The van der Waals surface area contributed by atoms with Crippen molar-refractivity contribution >= 4 is 22.6 Å². The largest absolute Gasteiger partial charge is 0.495 e. The fourth-order valence-corrected chi connectivity index (χ4v) is 3.42. The minimum absolute atomic E-state index is 0.172. The molecule has 0 unspecified atom stereocenters. The summed E-state index contributed by atoms with van der Waals surface area (Å²) in [5, 5.41) is 7.45. The quantitative estimate of drug-likeness (QED) is 0.553. The molecular formula is C22H21N5O3. The first-order valence-electron chi connectivity index (χ1n) is 9.41. The Morgan fingerprint density at radius 1 is 1.13 bits per heavy atom. The van der Waals surface area contributed by atoms with Crippen LogP contribution in [-0.4, -0.2) is 32.3 Å². The fourth-order valence-electron chi connectivity index (χ4n) is 3.42. The molecule has 0 saturated carbocycles. The van der Waals surface area contributed by atoms with E-state index in [1.807, 2.05) is 32.0 Å². The number of carbonyl (C=O) groups excluding carboxylic acids is 1. The van der Waals surface area contributed by atoms with Gasteiger partial charge in [0.2, 0.25) is 5.91 Å². The van der Waals surface area contributed by atoms with Crippen molar-refractivity contribution in [3.8, 4) is 11.4 Å². The molecule has 0 spiro atoms. The molecule has 0 saturated heterocycles. The lowest BCUT2D eigenvalue weighted by Crippen LogP contribution is -2.28.